The third-order valence-electron chi connectivity index (χ3n) is 2.52. The highest BCUT2D eigenvalue weighted by molar-refractivity contribution is 5.85. The first-order chi connectivity index (χ1) is 7.41. The molecule has 1 aliphatic heterocycles. The summed E-state index contributed by atoms with van der Waals surface area (Å²) in [6, 6.07) is -0.628. The van der Waals surface area contributed by atoms with E-state index < -0.39 is 31.1 Å². The van der Waals surface area contributed by atoms with Crippen molar-refractivity contribution in [2.45, 2.75) is 12.5 Å². The van der Waals surface area contributed by atoms with Crippen molar-refractivity contribution >= 4 is 17.8 Å². The molecule has 16 heavy (non-hydrogen) atoms. The van der Waals surface area contributed by atoms with E-state index in [0.29, 0.717) is 13.0 Å². The minimum Gasteiger partial charge on any atom is -0.480 e. The number of rotatable bonds is 5. The van der Waals surface area contributed by atoms with Gasteiger partial charge in [-0.3, -0.25) is 19.3 Å². The van der Waals surface area contributed by atoms with E-state index in [-0.39, 0.29) is 5.91 Å². The van der Waals surface area contributed by atoms with E-state index in [1.54, 1.807) is 7.05 Å². The van der Waals surface area contributed by atoms with E-state index in [0.717, 1.165) is 0 Å². The maximum absolute atomic E-state index is 11.6. The molecule has 1 rings (SSSR count). The van der Waals surface area contributed by atoms with Gasteiger partial charge in [0.05, 0.1) is 19.1 Å². The number of carbonyl (C=O) groups is 3. The van der Waals surface area contributed by atoms with Crippen molar-refractivity contribution < 1.29 is 24.6 Å². The normalized spacial score (nSPS) is 20.5. The molecule has 0 aromatic heterocycles. The average Bonchev–Trinajstić information content (AvgIpc) is 2.45. The Hall–Kier alpha value is -1.63. The lowest BCUT2D eigenvalue weighted by Crippen LogP contribution is -2.46. The lowest BCUT2D eigenvalue weighted by atomic mass is 10.2. The maximum Gasteiger partial charge on any atom is 0.317 e. The molecular weight excluding hydrogens is 216 g/mol. The van der Waals surface area contributed by atoms with Crippen LogP contribution in [0.25, 0.3) is 0 Å². The van der Waals surface area contributed by atoms with Crippen LogP contribution in [0.15, 0.2) is 0 Å². The largest absolute Gasteiger partial charge is 0.480 e. The topological polar surface area (TPSA) is 98.2 Å². The molecule has 0 bridgehead atoms. The Morgan fingerprint density at radius 1 is 1.38 bits per heavy atom. The smallest absolute Gasteiger partial charge is 0.317 e. The molecule has 90 valence electrons. The SMILES string of the molecule is CN1CCC(N(CC(=O)O)CC(=O)O)C1=O. The van der Waals surface area contributed by atoms with Gasteiger partial charge in [-0.15, -0.1) is 0 Å². The van der Waals surface area contributed by atoms with E-state index in [1.807, 2.05) is 0 Å². The number of hydrogen-bond acceptors (Lipinski definition) is 4. The van der Waals surface area contributed by atoms with Crippen LogP contribution in [0.3, 0.4) is 0 Å². The van der Waals surface area contributed by atoms with E-state index in [9.17, 15) is 14.4 Å². The van der Waals surface area contributed by atoms with Gasteiger partial charge in [0.2, 0.25) is 5.91 Å². The lowest BCUT2D eigenvalue weighted by Gasteiger charge is -2.23. The van der Waals surface area contributed by atoms with E-state index in [1.165, 1.54) is 9.80 Å². The summed E-state index contributed by atoms with van der Waals surface area (Å²) in [7, 11) is 1.61. The fraction of sp³-hybridized carbons (Fsp3) is 0.667. The van der Waals surface area contributed by atoms with Crippen LogP contribution in [0.2, 0.25) is 0 Å². The number of carboxylic acid groups (broad SMARTS) is 2. The third-order valence-corrected chi connectivity index (χ3v) is 2.52. The molecule has 1 fully saturated rings. The first kappa shape index (κ1) is 12.4. The Kier molecular flexibility index (Phi) is 3.83. The van der Waals surface area contributed by atoms with Crippen LogP contribution in [0.5, 0.6) is 0 Å². The van der Waals surface area contributed by atoms with Crippen molar-refractivity contribution in [2.75, 3.05) is 26.7 Å². The molecule has 7 heteroatoms. The number of nitrogens with zero attached hydrogens (tertiary/aromatic N) is 2. The number of carboxylic acids is 2. The van der Waals surface area contributed by atoms with Crippen molar-refractivity contribution in [3.63, 3.8) is 0 Å². The zero-order chi connectivity index (χ0) is 12.3. The quantitative estimate of drug-likeness (QED) is 0.608. The van der Waals surface area contributed by atoms with E-state index in [2.05, 4.69) is 0 Å². The van der Waals surface area contributed by atoms with Gasteiger partial charge in [-0.2, -0.15) is 0 Å². The predicted octanol–water partition coefficient (Wildman–Crippen LogP) is -1.31. The highest BCUT2D eigenvalue weighted by atomic mass is 16.4. The van der Waals surface area contributed by atoms with Crippen LogP contribution < -0.4 is 0 Å². The van der Waals surface area contributed by atoms with Crippen LogP contribution in [0.4, 0.5) is 0 Å². The fourth-order valence-electron chi connectivity index (χ4n) is 1.77. The van der Waals surface area contributed by atoms with Crippen molar-refractivity contribution in [1.29, 1.82) is 0 Å². The van der Waals surface area contributed by atoms with Crippen molar-refractivity contribution in [3.05, 3.63) is 0 Å². The highest BCUT2D eigenvalue weighted by Crippen LogP contribution is 2.15. The number of hydrogen-bond donors (Lipinski definition) is 2. The van der Waals surface area contributed by atoms with Gasteiger partial charge in [-0.1, -0.05) is 0 Å². The molecule has 1 aliphatic rings. The summed E-state index contributed by atoms with van der Waals surface area (Å²) in [5, 5.41) is 17.3. The molecule has 0 aromatic rings. The summed E-state index contributed by atoms with van der Waals surface area (Å²) in [6.45, 7) is -0.341. The predicted molar refractivity (Wildman–Crippen MR) is 52.9 cm³/mol. The first-order valence-corrected chi connectivity index (χ1v) is 4.84. The monoisotopic (exact) mass is 230 g/mol. The second-order valence-corrected chi connectivity index (χ2v) is 3.76. The summed E-state index contributed by atoms with van der Waals surface area (Å²) in [5.41, 5.74) is 0. The zero-order valence-electron chi connectivity index (χ0n) is 8.92. The van der Waals surface area contributed by atoms with Gasteiger partial charge in [-0.25, -0.2) is 0 Å². The lowest BCUT2D eigenvalue weighted by molar-refractivity contribution is -0.144. The van der Waals surface area contributed by atoms with Crippen molar-refractivity contribution in [1.82, 2.24) is 9.80 Å². The summed E-state index contributed by atoms with van der Waals surface area (Å²) in [6.07, 6.45) is 0.468. The van der Waals surface area contributed by atoms with E-state index >= 15 is 0 Å². The highest BCUT2D eigenvalue weighted by Gasteiger charge is 2.35. The van der Waals surface area contributed by atoms with Crippen LogP contribution in [0, 0.1) is 0 Å². The number of carbonyl (C=O) groups excluding carboxylic acids is 1. The van der Waals surface area contributed by atoms with Crippen LogP contribution in [-0.2, 0) is 14.4 Å². The summed E-state index contributed by atoms with van der Waals surface area (Å²) in [4.78, 5) is 35.4. The van der Waals surface area contributed by atoms with Gasteiger partial charge in [0.15, 0.2) is 0 Å². The Morgan fingerprint density at radius 3 is 2.19 bits per heavy atom. The number of likely N-dealkylation sites (tertiary alicyclic amines) is 1. The maximum atomic E-state index is 11.6. The van der Waals surface area contributed by atoms with Crippen LogP contribution in [0.1, 0.15) is 6.42 Å². The Balaban J connectivity index is 2.72. The average molecular weight is 230 g/mol. The molecule has 7 nitrogen and oxygen atoms in total. The molecule has 1 heterocycles. The third kappa shape index (κ3) is 2.93. The molecule has 2 N–H and O–H groups in total. The molecule has 0 radical (unpaired) electrons. The molecule has 0 aromatic carbocycles. The molecular formula is C9H14N2O5. The fourth-order valence-corrected chi connectivity index (χ4v) is 1.77. The van der Waals surface area contributed by atoms with Gasteiger partial charge < -0.3 is 15.1 Å². The molecule has 1 unspecified atom stereocenters. The van der Waals surface area contributed by atoms with Gasteiger partial charge in [-0.05, 0) is 6.42 Å². The molecule has 1 amide bonds. The van der Waals surface area contributed by atoms with Gasteiger partial charge in [0.25, 0.3) is 0 Å². The number of likely N-dealkylation sites (N-methyl/N-ethyl adjacent to an activating group) is 1. The summed E-state index contributed by atoms with van der Waals surface area (Å²) >= 11 is 0. The summed E-state index contributed by atoms with van der Waals surface area (Å²) in [5.74, 6) is -2.49. The van der Waals surface area contributed by atoms with Crippen molar-refractivity contribution in [3.8, 4) is 0 Å². The van der Waals surface area contributed by atoms with Crippen LogP contribution >= 0.6 is 0 Å². The second kappa shape index (κ2) is 4.93. The number of aliphatic carboxylic acids is 2. The molecule has 1 saturated heterocycles. The Labute approximate surface area is 92.2 Å². The van der Waals surface area contributed by atoms with Crippen molar-refractivity contribution in [2.24, 2.45) is 0 Å². The minimum atomic E-state index is -1.14. The Bertz CT molecular complexity index is 301. The number of amides is 1. The summed E-state index contributed by atoms with van der Waals surface area (Å²) < 4.78 is 0. The minimum absolute atomic E-state index is 0.220. The van der Waals surface area contributed by atoms with Gasteiger partial charge in [0, 0.05) is 13.6 Å². The van der Waals surface area contributed by atoms with Gasteiger partial charge in [0.1, 0.15) is 0 Å². The standard InChI is InChI=1S/C9H14N2O5/c1-10-3-2-6(9(10)16)11(4-7(12)13)5-8(14)15/h6H,2-5H2,1H3,(H,12,13)(H,14,15). The first-order valence-electron chi connectivity index (χ1n) is 4.84. The molecule has 0 aliphatic carbocycles. The second-order valence-electron chi connectivity index (χ2n) is 3.76. The Morgan fingerprint density at radius 2 is 1.88 bits per heavy atom. The van der Waals surface area contributed by atoms with Crippen LogP contribution in [-0.4, -0.2) is 70.6 Å². The van der Waals surface area contributed by atoms with E-state index in [4.69, 9.17) is 10.2 Å². The van der Waals surface area contributed by atoms with Gasteiger partial charge >= 0.3 is 11.9 Å². The molecule has 0 spiro atoms. The molecule has 0 saturated carbocycles. The molecule has 1 atom stereocenters. The zero-order valence-corrected chi connectivity index (χ0v) is 8.92.